The minimum Gasteiger partial charge on any atom is -0.450 e. The van der Waals surface area contributed by atoms with Gasteiger partial charge in [-0.2, -0.15) is 0 Å². The topological polar surface area (TPSA) is 24.9 Å². The van der Waals surface area contributed by atoms with E-state index in [1.54, 1.807) is 0 Å². The van der Waals surface area contributed by atoms with Crippen molar-refractivity contribution in [2.75, 3.05) is 9.71 Å². The van der Waals surface area contributed by atoms with Crippen LogP contribution in [-0.4, -0.2) is 6.85 Å². The van der Waals surface area contributed by atoms with Gasteiger partial charge in [-0.1, -0.05) is 136 Å². The lowest BCUT2D eigenvalue weighted by atomic mass is 9.43. The van der Waals surface area contributed by atoms with E-state index in [2.05, 4.69) is 201 Å². The second-order valence-corrected chi connectivity index (χ2v) is 17.8. The van der Waals surface area contributed by atoms with E-state index < -0.39 is 0 Å². The Labute approximate surface area is 363 Å². The first-order valence-corrected chi connectivity index (χ1v) is 21.5. The Balaban J connectivity index is 1.19. The lowest BCUT2D eigenvalue weighted by Crippen LogP contribution is -2.61. The van der Waals surface area contributed by atoms with E-state index in [0.29, 0.717) is 23.0 Å². The van der Waals surface area contributed by atoms with Crippen LogP contribution in [0.25, 0.3) is 44.2 Å². The van der Waals surface area contributed by atoms with Crippen molar-refractivity contribution in [1.82, 2.24) is 0 Å². The monoisotopic (exact) mass is 798 g/mol. The molecule has 3 aliphatic heterocycles. The van der Waals surface area contributed by atoms with Crippen LogP contribution in [0.3, 0.4) is 0 Å². The van der Waals surface area contributed by atoms with Gasteiger partial charge in [0.1, 0.15) is 0 Å². The second-order valence-electron chi connectivity index (χ2n) is 17.8. The van der Waals surface area contributed by atoms with Gasteiger partial charge in [-0.3, -0.25) is 0 Å². The highest BCUT2D eigenvalue weighted by atomic mass is 16.6. The molecule has 3 aliphatic rings. The van der Waals surface area contributed by atoms with Crippen molar-refractivity contribution in [3.05, 3.63) is 199 Å². The van der Waals surface area contributed by atoms with Gasteiger partial charge in [0, 0.05) is 40.1 Å². The Morgan fingerprint density at radius 1 is 0.435 bits per heavy atom. The van der Waals surface area contributed by atoms with Gasteiger partial charge in [0.25, 0.3) is 0 Å². The maximum Gasteiger partial charge on any atom is 0.333 e. The molecule has 3 heterocycles. The highest BCUT2D eigenvalue weighted by Crippen LogP contribution is 2.53. The minimum atomic E-state index is -0.208. The first-order chi connectivity index (χ1) is 30.3. The molecule has 4 nitrogen and oxygen atoms in total. The number of anilines is 5. The summed E-state index contributed by atoms with van der Waals surface area (Å²) in [6.45, 7) is 8.86. The quantitative estimate of drug-likeness (QED) is 0.166. The minimum absolute atomic E-state index is 0.0146. The smallest absolute Gasteiger partial charge is 0.333 e. The first-order valence-electron chi connectivity index (χ1n) is 21.5. The average Bonchev–Trinajstić information content (AvgIpc) is 3.30. The normalized spacial score (nSPS) is 13.3. The van der Waals surface area contributed by atoms with Gasteiger partial charge in [-0.25, -0.2) is 0 Å². The molecular weight excluding hydrogens is 755 g/mol. The number of rotatable bonds is 4. The number of hydrogen-bond donors (Lipinski definition) is 0. The van der Waals surface area contributed by atoms with Crippen molar-refractivity contribution in [3.8, 4) is 56.4 Å². The van der Waals surface area contributed by atoms with Crippen LogP contribution in [-0.2, 0) is 5.41 Å². The predicted octanol–water partition coefficient (Wildman–Crippen LogP) is 14.4. The summed E-state index contributed by atoms with van der Waals surface area (Å²) in [6.07, 6.45) is 0. The first kappa shape index (κ1) is 36.4. The van der Waals surface area contributed by atoms with Crippen LogP contribution in [0.15, 0.2) is 188 Å². The molecule has 0 radical (unpaired) electrons. The van der Waals surface area contributed by atoms with Gasteiger partial charge >= 0.3 is 6.85 Å². The molecular formula is C57H43BN2O2. The van der Waals surface area contributed by atoms with Crippen LogP contribution in [0.4, 0.5) is 28.4 Å². The highest BCUT2D eigenvalue weighted by Gasteiger charge is 2.46. The average molecular weight is 799 g/mol. The number of benzene rings is 9. The summed E-state index contributed by atoms with van der Waals surface area (Å²) in [4.78, 5) is 5.06. The van der Waals surface area contributed by atoms with Gasteiger partial charge in [0.05, 0.1) is 0 Å². The number of aryl methyl sites for hydroxylation is 1. The standard InChI is InChI=1S/C57H43BN2O2/c1-36-29-41(37-15-7-5-8-16-37)23-28-48(36)59-50-35-55-54(61-52-21-13-14-22-53(52)62-55)34-47(50)58-56-46(31-42(33-51(56)59)38-17-9-6-10-18-38)45-30-39-19-11-12-20-40(39)32-49(45)60(58)44-26-24-43(25-27-44)57(2,3)4/h5-35H,1-4H3. The zero-order chi connectivity index (χ0) is 41.7. The third-order valence-electron chi connectivity index (χ3n) is 12.9. The maximum atomic E-state index is 6.74. The number of ether oxygens (including phenoxy) is 2. The van der Waals surface area contributed by atoms with Crippen LogP contribution in [0.5, 0.6) is 23.0 Å². The molecule has 0 atom stereocenters. The molecule has 62 heavy (non-hydrogen) atoms. The number of nitrogens with zero attached hydrogens (tertiary/aromatic N) is 2. The van der Waals surface area contributed by atoms with E-state index in [4.69, 9.17) is 9.47 Å². The molecule has 0 fully saturated rings. The van der Waals surface area contributed by atoms with Crippen LogP contribution in [0, 0.1) is 6.92 Å². The van der Waals surface area contributed by atoms with Crippen LogP contribution < -0.4 is 30.1 Å². The lowest BCUT2D eigenvalue weighted by Gasteiger charge is -2.46. The molecule has 296 valence electrons. The Morgan fingerprint density at radius 2 is 1.05 bits per heavy atom. The fraction of sp³-hybridized carbons (Fsp3) is 0.0877. The van der Waals surface area contributed by atoms with Gasteiger partial charge in [-0.15, -0.1) is 0 Å². The zero-order valence-electron chi connectivity index (χ0n) is 35.2. The number of para-hydroxylation sites is 2. The van der Waals surface area contributed by atoms with Crippen molar-refractivity contribution in [2.24, 2.45) is 0 Å². The molecule has 9 aromatic carbocycles. The van der Waals surface area contributed by atoms with Gasteiger partial charge in [0.15, 0.2) is 23.0 Å². The Bertz CT molecular complexity index is 3250. The summed E-state index contributed by atoms with van der Waals surface area (Å²) in [6, 6.07) is 68.3. The molecule has 5 heteroatoms. The molecule has 0 amide bonds. The van der Waals surface area contributed by atoms with E-state index in [9.17, 15) is 0 Å². The molecule has 0 aromatic heterocycles. The van der Waals surface area contributed by atoms with Gasteiger partial charge in [0.2, 0.25) is 0 Å². The van der Waals surface area contributed by atoms with E-state index in [1.165, 1.54) is 66.4 Å². The molecule has 0 saturated carbocycles. The number of fused-ring (bicyclic) bond motifs is 7. The Kier molecular flexibility index (Phi) is 8.08. The van der Waals surface area contributed by atoms with Crippen LogP contribution >= 0.6 is 0 Å². The van der Waals surface area contributed by atoms with Gasteiger partial charge < -0.3 is 19.2 Å². The second kappa shape index (κ2) is 13.8. The summed E-state index contributed by atoms with van der Waals surface area (Å²) in [5.41, 5.74) is 17.6. The molecule has 12 rings (SSSR count). The fourth-order valence-electron chi connectivity index (χ4n) is 9.85. The van der Waals surface area contributed by atoms with Crippen molar-refractivity contribution in [3.63, 3.8) is 0 Å². The van der Waals surface area contributed by atoms with Crippen LogP contribution in [0.1, 0.15) is 31.9 Å². The van der Waals surface area contributed by atoms with Gasteiger partial charge in [-0.05, 0) is 140 Å². The zero-order valence-corrected chi connectivity index (χ0v) is 35.2. The molecule has 0 N–H and O–H groups in total. The van der Waals surface area contributed by atoms with Crippen molar-refractivity contribution < 1.29 is 9.47 Å². The van der Waals surface area contributed by atoms with Crippen LogP contribution in [0.2, 0.25) is 0 Å². The number of hydrogen-bond acceptors (Lipinski definition) is 4. The molecule has 0 saturated heterocycles. The van der Waals surface area contributed by atoms with E-state index >= 15 is 0 Å². The summed E-state index contributed by atoms with van der Waals surface area (Å²) in [5, 5.41) is 2.42. The van der Waals surface area contributed by atoms with E-state index in [-0.39, 0.29) is 12.3 Å². The summed E-state index contributed by atoms with van der Waals surface area (Å²) in [5.74, 6) is 2.82. The highest BCUT2D eigenvalue weighted by molar-refractivity contribution is 6.93. The third kappa shape index (κ3) is 5.76. The summed E-state index contributed by atoms with van der Waals surface area (Å²) >= 11 is 0. The molecule has 0 bridgehead atoms. The molecule has 9 aromatic rings. The van der Waals surface area contributed by atoms with Crippen molar-refractivity contribution >= 4 is 57.0 Å². The SMILES string of the molecule is Cc1cc(-c2ccccc2)ccc1N1c2cc3c(cc2B2c4c(cc(-c5ccccc5)cc41)-c1cc4ccccc4cc1N2c1ccc(C(C)(C)C)cc1)Oc1ccccc1O3. The largest absolute Gasteiger partial charge is 0.450 e. The predicted molar refractivity (Wildman–Crippen MR) is 259 cm³/mol. The summed E-state index contributed by atoms with van der Waals surface area (Å²) in [7, 11) is 0. The summed E-state index contributed by atoms with van der Waals surface area (Å²) < 4.78 is 13.5. The Morgan fingerprint density at radius 3 is 1.71 bits per heavy atom. The lowest BCUT2D eigenvalue weighted by molar-refractivity contribution is 0.360. The maximum absolute atomic E-state index is 6.74. The Hall–Kier alpha value is -7.50. The van der Waals surface area contributed by atoms with E-state index in [0.717, 1.165) is 28.2 Å². The fourth-order valence-corrected chi connectivity index (χ4v) is 9.85. The molecule has 0 aliphatic carbocycles. The molecule has 0 unspecified atom stereocenters. The van der Waals surface area contributed by atoms with Crippen molar-refractivity contribution in [1.29, 1.82) is 0 Å². The van der Waals surface area contributed by atoms with E-state index in [1.807, 2.05) is 24.3 Å². The van der Waals surface area contributed by atoms with Crippen molar-refractivity contribution in [2.45, 2.75) is 33.1 Å². The molecule has 0 spiro atoms. The third-order valence-corrected chi connectivity index (χ3v) is 12.9.